The Morgan fingerprint density at radius 3 is 2.12 bits per heavy atom. The van der Waals surface area contributed by atoms with E-state index >= 15 is 0 Å². The van der Waals surface area contributed by atoms with Crippen LogP contribution in [0.15, 0.2) is 0 Å². The van der Waals surface area contributed by atoms with E-state index in [1.807, 2.05) is 0 Å². The predicted octanol–water partition coefficient (Wildman–Crippen LogP) is 3.59. The Morgan fingerprint density at radius 1 is 1.06 bits per heavy atom. The second kappa shape index (κ2) is 5.33. The van der Waals surface area contributed by atoms with Gasteiger partial charge in [-0.3, -0.25) is 0 Å². The van der Waals surface area contributed by atoms with Crippen LogP contribution < -0.4 is 0 Å². The van der Waals surface area contributed by atoms with Crippen molar-refractivity contribution in [1.82, 2.24) is 0 Å². The van der Waals surface area contributed by atoms with E-state index < -0.39 is 16.6 Å². The Morgan fingerprint density at radius 2 is 1.62 bits per heavy atom. The van der Waals surface area contributed by atoms with Crippen molar-refractivity contribution >= 4 is 16.6 Å². The first kappa shape index (κ1) is 14.4. The minimum absolute atomic E-state index is 0.0641. The van der Waals surface area contributed by atoms with Gasteiger partial charge in [0.2, 0.25) is 0 Å². The quantitative estimate of drug-likeness (QED) is 0.783. The molecule has 0 saturated heterocycles. The lowest BCUT2D eigenvalue weighted by Crippen LogP contribution is -2.45. The van der Waals surface area contributed by atoms with Crippen LogP contribution in [0.1, 0.15) is 25.7 Å². The Bertz CT molecular complexity index is 224. The zero-order valence-electron chi connectivity index (χ0n) is 11.5. The molecule has 1 aliphatic rings. The summed E-state index contributed by atoms with van der Waals surface area (Å²) in [5, 5.41) is 10.0. The van der Waals surface area contributed by atoms with Gasteiger partial charge < -0.3 is 9.22 Å². The zero-order chi connectivity index (χ0) is 12.4. The van der Waals surface area contributed by atoms with Crippen LogP contribution in [0.4, 0.5) is 0 Å². The van der Waals surface area contributed by atoms with Crippen LogP contribution >= 0.6 is 0 Å². The van der Waals surface area contributed by atoms with Crippen molar-refractivity contribution in [2.24, 2.45) is 5.92 Å². The molecule has 0 bridgehead atoms. The van der Waals surface area contributed by atoms with Crippen molar-refractivity contribution in [3.8, 4) is 0 Å². The smallest absolute Gasteiger partial charge is 0.173 e. The van der Waals surface area contributed by atoms with Crippen LogP contribution in [-0.4, -0.2) is 27.8 Å². The van der Waals surface area contributed by atoms with Gasteiger partial charge in [-0.15, -0.1) is 0 Å². The molecule has 4 heteroatoms. The maximum atomic E-state index is 10.0. The van der Waals surface area contributed by atoms with E-state index in [4.69, 9.17) is 4.12 Å². The molecule has 0 amide bonds. The van der Waals surface area contributed by atoms with E-state index in [0.29, 0.717) is 5.92 Å². The fourth-order valence-electron chi connectivity index (χ4n) is 2.93. The topological polar surface area (TPSA) is 29.5 Å². The fourth-order valence-corrected chi connectivity index (χ4v) is 11.6. The van der Waals surface area contributed by atoms with Crippen molar-refractivity contribution in [2.45, 2.75) is 70.6 Å². The molecule has 16 heavy (non-hydrogen) atoms. The first-order valence-electron chi connectivity index (χ1n) is 6.58. The fraction of sp³-hybridized carbons (Fsp3) is 1.00. The average molecular weight is 261 g/mol. The second-order valence-corrected chi connectivity index (χ2v) is 15.8. The lowest BCUT2D eigenvalue weighted by atomic mass is 9.88. The standard InChI is InChI=1S/C12H28O2Si2/c1-15(2,3)14-16(4,5)10-11-8-6-7-9-12(11)13/h11-13H,6-10H2,1-5H3. The van der Waals surface area contributed by atoms with Crippen molar-refractivity contribution in [2.75, 3.05) is 0 Å². The number of hydrogen-bond donors (Lipinski definition) is 1. The summed E-state index contributed by atoms with van der Waals surface area (Å²) in [7, 11) is -2.99. The first-order valence-corrected chi connectivity index (χ1v) is 13.1. The molecule has 1 fully saturated rings. The molecule has 1 aliphatic carbocycles. The molecule has 2 unspecified atom stereocenters. The van der Waals surface area contributed by atoms with E-state index in [1.165, 1.54) is 19.3 Å². The third-order valence-corrected chi connectivity index (χ3v) is 9.37. The van der Waals surface area contributed by atoms with Gasteiger partial charge in [-0.25, -0.2) is 0 Å². The second-order valence-electron chi connectivity index (χ2n) is 6.79. The normalized spacial score (nSPS) is 28.1. The molecule has 1 N–H and O–H groups in total. The van der Waals surface area contributed by atoms with E-state index in [-0.39, 0.29) is 6.10 Å². The monoisotopic (exact) mass is 260 g/mol. The third kappa shape index (κ3) is 5.12. The summed E-state index contributed by atoms with van der Waals surface area (Å²) in [6.07, 6.45) is 4.63. The molecule has 0 aromatic carbocycles. The van der Waals surface area contributed by atoms with Gasteiger partial charge in [0.1, 0.15) is 0 Å². The highest BCUT2D eigenvalue weighted by Gasteiger charge is 2.35. The van der Waals surface area contributed by atoms with Gasteiger partial charge in [-0.2, -0.15) is 0 Å². The van der Waals surface area contributed by atoms with E-state index in [9.17, 15) is 5.11 Å². The van der Waals surface area contributed by atoms with E-state index in [0.717, 1.165) is 12.5 Å². The van der Waals surface area contributed by atoms with Crippen molar-refractivity contribution < 1.29 is 9.22 Å². The maximum Gasteiger partial charge on any atom is 0.173 e. The van der Waals surface area contributed by atoms with Crippen LogP contribution in [0, 0.1) is 5.92 Å². The van der Waals surface area contributed by atoms with Gasteiger partial charge in [0.15, 0.2) is 16.6 Å². The molecule has 0 heterocycles. The first-order chi connectivity index (χ1) is 7.20. The van der Waals surface area contributed by atoms with Gasteiger partial charge in [0.05, 0.1) is 6.10 Å². The zero-order valence-corrected chi connectivity index (χ0v) is 13.5. The molecular formula is C12H28O2Si2. The largest absolute Gasteiger partial charge is 0.456 e. The molecule has 0 radical (unpaired) electrons. The molecule has 0 aromatic rings. The lowest BCUT2D eigenvalue weighted by molar-refractivity contribution is 0.0773. The summed E-state index contributed by atoms with van der Waals surface area (Å²) < 4.78 is 6.34. The van der Waals surface area contributed by atoms with Gasteiger partial charge >= 0.3 is 0 Å². The maximum absolute atomic E-state index is 10.0. The Balaban J connectivity index is 2.50. The highest BCUT2D eigenvalue weighted by molar-refractivity contribution is 6.84. The summed E-state index contributed by atoms with van der Waals surface area (Å²) >= 11 is 0. The van der Waals surface area contributed by atoms with Crippen LogP contribution in [-0.2, 0) is 4.12 Å². The van der Waals surface area contributed by atoms with Gasteiger partial charge in [0, 0.05) is 0 Å². The molecule has 1 saturated carbocycles. The van der Waals surface area contributed by atoms with Crippen LogP contribution in [0.25, 0.3) is 0 Å². The van der Waals surface area contributed by atoms with Gasteiger partial charge in [-0.05, 0) is 57.5 Å². The molecule has 2 nitrogen and oxygen atoms in total. The minimum Gasteiger partial charge on any atom is -0.456 e. The van der Waals surface area contributed by atoms with Gasteiger partial charge in [-0.1, -0.05) is 12.8 Å². The summed E-state index contributed by atoms with van der Waals surface area (Å²) in [5.74, 6) is 0.506. The molecular weight excluding hydrogens is 232 g/mol. The number of hydrogen-bond acceptors (Lipinski definition) is 2. The average Bonchev–Trinajstić information content (AvgIpc) is 2.04. The Kier molecular flexibility index (Phi) is 4.81. The molecule has 2 atom stereocenters. The summed E-state index contributed by atoms with van der Waals surface area (Å²) in [6.45, 7) is 11.4. The molecule has 0 spiro atoms. The summed E-state index contributed by atoms with van der Waals surface area (Å²) in [6, 6.07) is 1.14. The highest BCUT2D eigenvalue weighted by Crippen LogP contribution is 2.32. The Hall–Kier alpha value is 0.354. The highest BCUT2D eigenvalue weighted by atomic mass is 28.4. The van der Waals surface area contributed by atoms with E-state index in [2.05, 4.69) is 32.7 Å². The van der Waals surface area contributed by atoms with Crippen LogP contribution in [0.5, 0.6) is 0 Å². The molecule has 0 aromatic heterocycles. The van der Waals surface area contributed by atoms with E-state index in [1.54, 1.807) is 0 Å². The molecule has 0 aliphatic heterocycles. The number of rotatable bonds is 4. The van der Waals surface area contributed by atoms with Crippen LogP contribution in [0.3, 0.4) is 0 Å². The molecule has 1 rings (SSSR count). The predicted molar refractivity (Wildman–Crippen MR) is 74.7 cm³/mol. The van der Waals surface area contributed by atoms with Crippen LogP contribution in [0.2, 0.25) is 38.8 Å². The Labute approximate surface area is 103 Å². The van der Waals surface area contributed by atoms with Crippen molar-refractivity contribution in [3.63, 3.8) is 0 Å². The lowest BCUT2D eigenvalue weighted by Gasteiger charge is -2.37. The SMILES string of the molecule is C[Si](C)(C)O[Si](C)(C)CC1CCCCC1O. The molecule has 96 valence electrons. The third-order valence-electron chi connectivity index (χ3n) is 3.21. The number of aliphatic hydroxyl groups excluding tert-OH is 1. The number of aliphatic hydroxyl groups is 1. The van der Waals surface area contributed by atoms with Crippen molar-refractivity contribution in [3.05, 3.63) is 0 Å². The van der Waals surface area contributed by atoms with Gasteiger partial charge in [0.25, 0.3) is 0 Å². The minimum atomic E-state index is -1.57. The van der Waals surface area contributed by atoms with Crippen molar-refractivity contribution in [1.29, 1.82) is 0 Å². The summed E-state index contributed by atoms with van der Waals surface area (Å²) in [4.78, 5) is 0. The summed E-state index contributed by atoms with van der Waals surface area (Å²) in [5.41, 5.74) is 0.